The Hall–Kier alpha value is -2.08. The van der Waals surface area contributed by atoms with Gasteiger partial charge in [-0.3, -0.25) is 9.20 Å². The highest BCUT2D eigenvalue weighted by atomic mass is 32.1. The third-order valence-electron chi connectivity index (χ3n) is 3.24. The number of esters is 1. The summed E-state index contributed by atoms with van der Waals surface area (Å²) in [4.78, 5) is 16.9. The van der Waals surface area contributed by atoms with E-state index >= 15 is 0 Å². The van der Waals surface area contributed by atoms with Crippen LogP contribution in [-0.2, 0) is 16.0 Å². The number of rotatable bonds is 5. The van der Waals surface area contributed by atoms with Gasteiger partial charge in [0.1, 0.15) is 5.75 Å². The van der Waals surface area contributed by atoms with E-state index in [4.69, 9.17) is 9.47 Å². The Morgan fingerprint density at radius 3 is 3.05 bits per heavy atom. The van der Waals surface area contributed by atoms with E-state index in [1.165, 1.54) is 0 Å². The Labute approximate surface area is 126 Å². The molecule has 3 rings (SSSR count). The summed E-state index contributed by atoms with van der Waals surface area (Å²) in [5.74, 6) is 0.665. The number of hydrogen-bond acceptors (Lipinski definition) is 5. The van der Waals surface area contributed by atoms with Gasteiger partial charge in [0.25, 0.3) is 0 Å². The average Bonchev–Trinajstić information content (AvgIpc) is 3.01. The van der Waals surface area contributed by atoms with Gasteiger partial charge >= 0.3 is 5.97 Å². The molecule has 0 aliphatic rings. The van der Waals surface area contributed by atoms with E-state index < -0.39 is 0 Å². The van der Waals surface area contributed by atoms with E-state index in [-0.39, 0.29) is 5.97 Å². The average molecular weight is 304 g/mol. The van der Waals surface area contributed by atoms with E-state index in [1.807, 2.05) is 31.3 Å². The molecule has 0 atom stereocenters. The quantitative estimate of drug-likeness (QED) is 0.680. The van der Waals surface area contributed by atoms with Crippen molar-refractivity contribution < 1.29 is 14.3 Å². The first kappa shape index (κ1) is 13.9. The Bertz CT molecular complexity index is 791. The molecule has 21 heavy (non-hydrogen) atoms. The van der Waals surface area contributed by atoms with Gasteiger partial charge in [0.05, 0.1) is 36.0 Å². The molecule has 0 amide bonds. The van der Waals surface area contributed by atoms with Gasteiger partial charge < -0.3 is 9.47 Å². The molecule has 110 valence electrons. The summed E-state index contributed by atoms with van der Waals surface area (Å²) in [5, 5.41) is 0. The first-order valence-electron chi connectivity index (χ1n) is 6.81. The number of ether oxygens (including phenoxy) is 2. The monoisotopic (exact) mass is 304 g/mol. The molecule has 0 spiro atoms. The molecule has 0 bridgehead atoms. The number of aryl methyl sites for hydroxylation is 1. The number of fused-ring (bicyclic) bond motifs is 3. The van der Waals surface area contributed by atoms with Crippen molar-refractivity contribution in [3.63, 3.8) is 0 Å². The largest absolute Gasteiger partial charge is 0.497 e. The van der Waals surface area contributed by atoms with Gasteiger partial charge in [-0.15, -0.1) is 0 Å². The standard InChI is InChI=1S/C15H16N2O3S/c1-3-20-14(18)7-4-10-9-17-12-6-5-11(19-2)8-13(12)21-15(17)16-10/h5-6,8-9H,3-4,7H2,1-2H3. The number of carbonyl (C=O) groups excluding carboxylic acids is 1. The zero-order valence-corrected chi connectivity index (χ0v) is 12.8. The Morgan fingerprint density at radius 1 is 1.43 bits per heavy atom. The van der Waals surface area contributed by atoms with Crippen LogP contribution in [0.25, 0.3) is 15.2 Å². The van der Waals surface area contributed by atoms with Crippen molar-refractivity contribution >= 4 is 32.5 Å². The molecule has 0 aliphatic heterocycles. The maximum Gasteiger partial charge on any atom is 0.306 e. The molecule has 2 aromatic heterocycles. The summed E-state index contributed by atoms with van der Waals surface area (Å²) >= 11 is 1.61. The molecule has 2 heterocycles. The smallest absolute Gasteiger partial charge is 0.306 e. The molecule has 0 radical (unpaired) electrons. The minimum absolute atomic E-state index is 0.177. The lowest BCUT2D eigenvalue weighted by Crippen LogP contribution is -2.05. The summed E-state index contributed by atoms with van der Waals surface area (Å²) in [6.07, 6.45) is 2.95. The fourth-order valence-corrected chi connectivity index (χ4v) is 3.29. The van der Waals surface area contributed by atoms with Gasteiger partial charge in [-0.25, -0.2) is 4.98 Å². The van der Waals surface area contributed by atoms with E-state index in [2.05, 4.69) is 9.38 Å². The zero-order chi connectivity index (χ0) is 14.8. The van der Waals surface area contributed by atoms with E-state index in [9.17, 15) is 4.79 Å². The van der Waals surface area contributed by atoms with Crippen LogP contribution < -0.4 is 4.74 Å². The second kappa shape index (κ2) is 5.73. The van der Waals surface area contributed by atoms with Gasteiger partial charge in [-0.2, -0.15) is 0 Å². The predicted octanol–water partition coefficient (Wildman–Crippen LogP) is 3.05. The normalized spacial score (nSPS) is 11.1. The maximum absolute atomic E-state index is 11.4. The van der Waals surface area contributed by atoms with Crippen molar-refractivity contribution in [3.05, 3.63) is 30.1 Å². The minimum Gasteiger partial charge on any atom is -0.497 e. The molecule has 0 saturated carbocycles. The number of aromatic nitrogens is 2. The van der Waals surface area contributed by atoms with Crippen molar-refractivity contribution in [1.82, 2.24) is 9.38 Å². The second-order valence-corrected chi connectivity index (χ2v) is 5.63. The Kier molecular flexibility index (Phi) is 3.79. The highest BCUT2D eigenvalue weighted by molar-refractivity contribution is 7.23. The van der Waals surface area contributed by atoms with Crippen LogP contribution in [0.1, 0.15) is 19.0 Å². The fourth-order valence-electron chi connectivity index (χ4n) is 2.24. The van der Waals surface area contributed by atoms with Crippen LogP contribution in [0.15, 0.2) is 24.4 Å². The zero-order valence-electron chi connectivity index (χ0n) is 12.0. The molecular formula is C15H16N2O3S. The van der Waals surface area contributed by atoms with Crippen LogP contribution in [0.3, 0.4) is 0 Å². The van der Waals surface area contributed by atoms with Crippen LogP contribution >= 0.6 is 11.3 Å². The number of methoxy groups -OCH3 is 1. The maximum atomic E-state index is 11.4. The molecule has 0 N–H and O–H groups in total. The third-order valence-corrected chi connectivity index (χ3v) is 4.26. The Morgan fingerprint density at radius 2 is 2.29 bits per heavy atom. The lowest BCUT2D eigenvalue weighted by atomic mass is 10.2. The van der Waals surface area contributed by atoms with E-state index in [0.717, 1.165) is 26.6 Å². The molecule has 5 nitrogen and oxygen atoms in total. The van der Waals surface area contributed by atoms with Crippen molar-refractivity contribution in [2.24, 2.45) is 0 Å². The van der Waals surface area contributed by atoms with Crippen LogP contribution in [0.4, 0.5) is 0 Å². The van der Waals surface area contributed by atoms with Crippen molar-refractivity contribution in [3.8, 4) is 5.75 Å². The van der Waals surface area contributed by atoms with Crippen molar-refractivity contribution in [2.45, 2.75) is 19.8 Å². The fraction of sp³-hybridized carbons (Fsp3) is 0.333. The number of carbonyl (C=O) groups is 1. The summed E-state index contributed by atoms with van der Waals surface area (Å²) in [5.41, 5.74) is 2.01. The first-order valence-corrected chi connectivity index (χ1v) is 7.63. The molecule has 3 aromatic rings. The van der Waals surface area contributed by atoms with Crippen molar-refractivity contribution in [1.29, 1.82) is 0 Å². The van der Waals surface area contributed by atoms with Crippen LogP contribution in [-0.4, -0.2) is 29.1 Å². The van der Waals surface area contributed by atoms with E-state index in [0.29, 0.717) is 19.4 Å². The van der Waals surface area contributed by atoms with Gasteiger partial charge in [-0.05, 0) is 25.1 Å². The third kappa shape index (κ3) is 2.71. The molecule has 6 heteroatoms. The molecule has 0 saturated heterocycles. The van der Waals surface area contributed by atoms with Gasteiger partial charge in [0.15, 0.2) is 4.96 Å². The topological polar surface area (TPSA) is 52.8 Å². The Balaban J connectivity index is 1.85. The highest BCUT2D eigenvalue weighted by Gasteiger charge is 2.11. The summed E-state index contributed by atoms with van der Waals surface area (Å²) in [6.45, 7) is 2.23. The SMILES string of the molecule is CCOC(=O)CCc1cn2c(n1)sc1cc(OC)ccc12. The molecule has 1 aromatic carbocycles. The van der Waals surface area contributed by atoms with Crippen LogP contribution in [0.5, 0.6) is 5.75 Å². The van der Waals surface area contributed by atoms with Gasteiger partial charge in [-0.1, -0.05) is 11.3 Å². The lowest BCUT2D eigenvalue weighted by molar-refractivity contribution is -0.143. The minimum atomic E-state index is -0.177. The molecule has 0 unspecified atom stereocenters. The van der Waals surface area contributed by atoms with E-state index in [1.54, 1.807) is 18.4 Å². The lowest BCUT2D eigenvalue weighted by Gasteiger charge is -1.99. The first-order chi connectivity index (χ1) is 10.2. The second-order valence-electron chi connectivity index (χ2n) is 4.63. The predicted molar refractivity (Wildman–Crippen MR) is 82.1 cm³/mol. The molecular weight excluding hydrogens is 288 g/mol. The highest BCUT2D eigenvalue weighted by Crippen LogP contribution is 2.29. The number of thiazole rings is 1. The molecule has 0 fully saturated rings. The van der Waals surface area contributed by atoms with Crippen molar-refractivity contribution in [2.75, 3.05) is 13.7 Å². The summed E-state index contributed by atoms with van der Waals surface area (Å²) in [6, 6.07) is 5.97. The van der Waals surface area contributed by atoms with Crippen LogP contribution in [0.2, 0.25) is 0 Å². The number of hydrogen-bond donors (Lipinski definition) is 0. The number of nitrogens with zero attached hydrogens (tertiary/aromatic N) is 2. The number of benzene rings is 1. The van der Waals surface area contributed by atoms with Crippen LogP contribution in [0, 0.1) is 0 Å². The summed E-state index contributed by atoms with van der Waals surface area (Å²) < 4.78 is 13.4. The number of imidazole rings is 1. The summed E-state index contributed by atoms with van der Waals surface area (Å²) in [7, 11) is 1.66. The van der Waals surface area contributed by atoms with Gasteiger partial charge in [0.2, 0.25) is 0 Å². The molecule has 0 aliphatic carbocycles. The van der Waals surface area contributed by atoms with Gasteiger partial charge in [0, 0.05) is 12.6 Å².